The maximum Gasteiger partial charge on any atom is 0.418 e. The van der Waals surface area contributed by atoms with Crippen LogP contribution in [0.15, 0.2) is 42.0 Å². The van der Waals surface area contributed by atoms with Crippen LogP contribution < -0.4 is 4.74 Å². The van der Waals surface area contributed by atoms with Crippen LogP contribution in [0, 0.1) is 0 Å². The lowest BCUT2D eigenvalue weighted by molar-refractivity contribution is -0.142. The molecule has 0 unspecified atom stereocenters. The summed E-state index contributed by atoms with van der Waals surface area (Å²) in [5.74, 6) is 0.00286. The molecule has 1 aliphatic carbocycles. The summed E-state index contributed by atoms with van der Waals surface area (Å²) in [6, 6.07) is 7.67. The third-order valence-electron chi connectivity index (χ3n) is 6.70. The van der Waals surface area contributed by atoms with Gasteiger partial charge in [-0.05, 0) is 29.0 Å². The fraction of sp³-hybridized carbons (Fsp3) is 0.333. The normalized spacial score (nSPS) is 21.3. The van der Waals surface area contributed by atoms with Gasteiger partial charge in [-0.15, -0.1) is 11.3 Å². The first kappa shape index (κ1) is 20.9. The molecule has 174 valence electrons. The van der Waals surface area contributed by atoms with Gasteiger partial charge in [-0.25, -0.2) is 9.69 Å². The van der Waals surface area contributed by atoms with Gasteiger partial charge in [0, 0.05) is 30.8 Å². The van der Waals surface area contributed by atoms with Crippen molar-refractivity contribution in [1.82, 2.24) is 19.6 Å². The van der Waals surface area contributed by atoms with Crippen LogP contribution in [0.4, 0.5) is 4.79 Å². The lowest BCUT2D eigenvalue weighted by atomic mass is 9.93. The predicted octanol–water partition coefficient (Wildman–Crippen LogP) is 2.69. The van der Waals surface area contributed by atoms with E-state index < -0.39 is 17.6 Å². The summed E-state index contributed by atoms with van der Waals surface area (Å²) in [6.45, 7) is 0.810. The first-order valence-electron chi connectivity index (χ1n) is 11.1. The Hall–Kier alpha value is -3.66. The molecule has 1 saturated heterocycles. The Morgan fingerprint density at radius 3 is 2.94 bits per heavy atom. The van der Waals surface area contributed by atoms with Gasteiger partial charge in [-0.3, -0.25) is 14.3 Å². The van der Waals surface area contributed by atoms with Gasteiger partial charge in [0.15, 0.2) is 0 Å². The first-order valence-corrected chi connectivity index (χ1v) is 12.0. The molecule has 1 aromatic carbocycles. The van der Waals surface area contributed by atoms with E-state index in [2.05, 4.69) is 5.10 Å². The number of aryl methyl sites for hydroxylation is 2. The first-order chi connectivity index (χ1) is 16.4. The fourth-order valence-electron chi connectivity index (χ4n) is 4.94. The van der Waals surface area contributed by atoms with Crippen molar-refractivity contribution in [2.75, 3.05) is 19.7 Å². The highest BCUT2D eigenvalue weighted by atomic mass is 32.1. The molecule has 1 spiro atoms. The van der Waals surface area contributed by atoms with Crippen LogP contribution in [0.2, 0.25) is 0 Å². The number of carbonyl (C=O) groups excluding carboxylic acids is 3. The van der Waals surface area contributed by atoms with Crippen molar-refractivity contribution in [1.29, 1.82) is 0 Å². The van der Waals surface area contributed by atoms with Crippen LogP contribution in [-0.4, -0.2) is 57.2 Å². The van der Waals surface area contributed by atoms with Crippen molar-refractivity contribution in [2.45, 2.75) is 25.0 Å². The van der Waals surface area contributed by atoms with E-state index >= 15 is 0 Å². The van der Waals surface area contributed by atoms with E-state index in [1.54, 1.807) is 15.8 Å². The number of amides is 3. The Kier molecular flexibility index (Phi) is 4.73. The molecular formula is C24H22N4O5S. The summed E-state index contributed by atoms with van der Waals surface area (Å²) in [5, 5.41) is 6.13. The Balaban J connectivity index is 1.22. The van der Waals surface area contributed by atoms with Crippen molar-refractivity contribution < 1.29 is 23.9 Å². The second-order valence-corrected chi connectivity index (χ2v) is 9.73. The maximum absolute atomic E-state index is 13.5. The number of aromatic nitrogens is 2. The number of hydrogen-bond donors (Lipinski definition) is 0. The topological polar surface area (TPSA) is 94.0 Å². The van der Waals surface area contributed by atoms with Crippen molar-refractivity contribution >= 4 is 29.2 Å². The van der Waals surface area contributed by atoms with E-state index in [0.717, 1.165) is 32.2 Å². The van der Waals surface area contributed by atoms with E-state index in [-0.39, 0.29) is 12.5 Å². The number of fused-ring (bicyclic) bond motifs is 3. The molecule has 10 heteroatoms. The average Bonchev–Trinajstić information content (AvgIpc) is 3.56. The van der Waals surface area contributed by atoms with Gasteiger partial charge < -0.3 is 14.4 Å². The van der Waals surface area contributed by atoms with Crippen LogP contribution in [0.1, 0.15) is 22.4 Å². The summed E-state index contributed by atoms with van der Waals surface area (Å²) < 4.78 is 13.1. The van der Waals surface area contributed by atoms with Gasteiger partial charge in [0.1, 0.15) is 18.9 Å². The highest BCUT2D eigenvalue weighted by Gasteiger charge is 2.58. The Morgan fingerprint density at radius 2 is 2.12 bits per heavy atom. The molecule has 1 fully saturated rings. The molecular weight excluding hydrogens is 456 g/mol. The number of nitrogens with zero attached hydrogens (tertiary/aromatic N) is 4. The van der Waals surface area contributed by atoms with Crippen molar-refractivity contribution in [3.63, 3.8) is 0 Å². The molecule has 0 saturated carbocycles. The van der Waals surface area contributed by atoms with Gasteiger partial charge >= 0.3 is 6.09 Å². The quantitative estimate of drug-likeness (QED) is 0.575. The van der Waals surface area contributed by atoms with E-state index in [1.807, 2.05) is 42.9 Å². The van der Waals surface area contributed by atoms with E-state index in [0.29, 0.717) is 38.1 Å². The number of rotatable bonds is 3. The Labute approximate surface area is 199 Å². The van der Waals surface area contributed by atoms with Crippen LogP contribution in [0.3, 0.4) is 0 Å². The van der Waals surface area contributed by atoms with Crippen LogP contribution >= 0.6 is 11.3 Å². The van der Waals surface area contributed by atoms with Gasteiger partial charge in [-0.2, -0.15) is 5.10 Å². The summed E-state index contributed by atoms with van der Waals surface area (Å²) in [4.78, 5) is 42.8. The molecule has 4 heterocycles. The zero-order chi connectivity index (χ0) is 23.4. The third-order valence-corrected chi connectivity index (χ3v) is 7.59. The van der Waals surface area contributed by atoms with E-state index in [4.69, 9.17) is 9.47 Å². The molecule has 1 atom stereocenters. The van der Waals surface area contributed by atoms with Crippen molar-refractivity contribution in [3.8, 4) is 16.9 Å². The van der Waals surface area contributed by atoms with Gasteiger partial charge in [0.25, 0.3) is 5.91 Å². The summed E-state index contributed by atoms with van der Waals surface area (Å²) in [5.41, 5.74) is 2.26. The second-order valence-electron chi connectivity index (χ2n) is 8.73. The van der Waals surface area contributed by atoms with Gasteiger partial charge in [0.2, 0.25) is 11.5 Å². The smallest absolute Gasteiger partial charge is 0.418 e. The molecule has 3 aliphatic rings. The second kappa shape index (κ2) is 7.69. The third kappa shape index (κ3) is 3.20. The van der Waals surface area contributed by atoms with Gasteiger partial charge in [-0.1, -0.05) is 18.2 Å². The number of carbonyl (C=O) groups is 3. The molecule has 6 rings (SSSR count). The van der Waals surface area contributed by atoms with Crippen LogP contribution in [0.25, 0.3) is 11.1 Å². The predicted molar refractivity (Wildman–Crippen MR) is 122 cm³/mol. The maximum atomic E-state index is 13.5. The summed E-state index contributed by atoms with van der Waals surface area (Å²) >= 11 is 1.52. The molecule has 3 amide bonds. The zero-order valence-corrected chi connectivity index (χ0v) is 19.3. The lowest BCUT2D eigenvalue weighted by Crippen LogP contribution is -2.45. The highest BCUT2D eigenvalue weighted by molar-refractivity contribution is 7.10. The van der Waals surface area contributed by atoms with Crippen LogP contribution in [-0.2, 0) is 39.9 Å². The fourth-order valence-corrected chi connectivity index (χ4v) is 5.77. The van der Waals surface area contributed by atoms with E-state index in [9.17, 15) is 14.4 Å². The molecule has 0 bridgehead atoms. The monoisotopic (exact) mass is 478 g/mol. The lowest BCUT2D eigenvalue weighted by Gasteiger charge is -2.23. The zero-order valence-electron chi connectivity index (χ0n) is 18.5. The number of imide groups is 1. The molecule has 2 aliphatic heterocycles. The average molecular weight is 479 g/mol. The summed E-state index contributed by atoms with van der Waals surface area (Å²) in [6.07, 6.45) is 3.91. The minimum Gasteiger partial charge on any atom is -0.491 e. The standard InChI is InChI=1S/C24H22N4O5S/c1-26-12-17(11-25-26)15-2-3-18-16(10-15)4-6-24(18)22(30)28(23(31)33-24)14-21(29)27-7-8-32-19-5-9-34-20(19)13-27/h2-3,5,9-12H,4,6-8,13-14H2,1H3/t24-/m1/s1. The minimum absolute atomic E-state index is 0.308. The number of hydrogen-bond acceptors (Lipinski definition) is 7. The molecule has 0 N–H and O–H groups in total. The highest BCUT2D eigenvalue weighted by Crippen LogP contribution is 2.46. The van der Waals surface area contributed by atoms with Gasteiger partial charge in [0.05, 0.1) is 24.2 Å². The molecule has 3 aromatic rings. The Bertz CT molecular complexity index is 1330. The molecule has 2 aromatic heterocycles. The Morgan fingerprint density at radius 1 is 1.24 bits per heavy atom. The minimum atomic E-state index is -1.36. The molecule has 9 nitrogen and oxygen atoms in total. The SMILES string of the molecule is Cn1cc(-c2ccc3c(c2)CC[C@@]32OC(=O)N(CC(=O)N3CCOc4ccsc4C3)C2=O)cn1. The van der Waals surface area contributed by atoms with E-state index in [1.165, 1.54) is 11.3 Å². The number of thiophene rings is 1. The largest absolute Gasteiger partial charge is 0.491 e. The van der Waals surface area contributed by atoms with Crippen LogP contribution in [0.5, 0.6) is 5.75 Å². The summed E-state index contributed by atoms with van der Waals surface area (Å²) in [7, 11) is 1.86. The molecule has 0 radical (unpaired) electrons. The number of ether oxygens (including phenoxy) is 2. The molecule has 34 heavy (non-hydrogen) atoms. The van der Waals surface area contributed by atoms with Crippen molar-refractivity contribution in [3.05, 3.63) is 58.0 Å². The van der Waals surface area contributed by atoms with Crippen molar-refractivity contribution in [2.24, 2.45) is 7.05 Å². The number of benzene rings is 1.